The minimum Gasteiger partial charge on any atom is -0.497 e. The van der Waals surface area contributed by atoms with E-state index in [0.29, 0.717) is 18.9 Å². The van der Waals surface area contributed by atoms with E-state index in [1.165, 1.54) is 29.7 Å². The van der Waals surface area contributed by atoms with Gasteiger partial charge in [-0.3, -0.25) is 0 Å². The first-order valence-electron chi connectivity index (χ1n) is 11.0. The third kappa shape index (κ3) is 3.85. The molecule has 31 heavy (non-hydrogen) atoms. The van der Waals surface area contributed by atoms with Crippen LogP contribution in [-0.2, 0) is 25.5 Å². The van der Waals surface area contributed by atoms with Crippen molar-refractivity contribution in [2.75, 3.05) is 20.2 Å². The Morgan fingerprint density at radius 1 is 1.19 bits per heavy atom. The van der Waals surface area contributed by atoms with Crippen molar-refractivity contribution in [1.29, 1.82) is 0 Å². The van der Waals surface area contributed by atoms with Crippen molar-refractivity contribution in [1.82, 2.24) is 4.90 Å². The zero-order valence-corrected chi connectivity index (χ0v) is 18.5. The molecule has 0 amide bonds. The standard InChI is InChI=1S/C24H27NO5S/c1-28-19-6-2-5-17(14-19)18-9-12-25(24(15-18)29-22(26)23(27)30-24)11-8-16-4-3-7-21-20(16)10-13-31-21/h2,5-6,10,13-14,16,18H,3-4,7-9,11-12,15H2,1H3. The lowest BCUT2D eigenvalue weighted by molar-refractivity contribution is -0.266. The first-order chi connectivity index (χ1) is 15.1. The summed E-state index contributed by atoms with van der Waals surface area (Å²) < 4.78 is 16.6. The van der Waals surface area contributed by atoms with Gasteiger partial charge in [0.1, 0.15) is 5.75 Å². The number of likely N-dealkylation sites (tertiary alicyclic amines) is 1. The van der Waals surface area contributed by atoms with Crippen molar-refractivity contribution in [3.8, 4) is 5.75 Å². The third-order valence-electron chi connectivity index (χ3n) is 6.89. The highest BCUT2D eigenvalue weighted by Gasteiger charge is 2.56. The summed E-state index contributed by atoms with van der Waals surface area (Å²) in [5, 5.41) is 2.19. The van der Waals surface area contributed by atoms with Gasteiger partial charge in [-0.1, -0.05) is 12.1 Å². The second kappa shape index (κ2) is 8.28. The lowest BCUT2D eigenvalue weighted by atomic mass is 9.84. The molecule has 0 N–H and O–H groups in total. The van der Waals surface area contributed by atoms with Gasteiger partial charge in [-0.05, 0) is 78.6 Å². The second-order valence-corrected chi connectivity index (χ2v) is 9.62. The van der Waals surface area contributed by atoms with E-state index in [1.54, 1.807) is 7.11 Å². The van der Waals surface area contributed by atoms with Crippen LogP contribution < -0.4 is 4.74 Å². The van der Waals surface area contributed by atoms with Crippen molar-refractivity contribution in [2.24, 2.45) is 0 Å². The predicted octanol–water partition coefficient (Wildman–Crippen LogP) is 4.20. The Labute approximate surface area is 186 Å². The second-order valence-electron chi connectivity index (χ2n) is 8.62. The van der Waals surface area contributed by atoms with E-state index >= 15 is 0 Å². The van der Waals surface area contributed by atoms with Crippen LogP contribution in [0.2, 0.25) is 0 Å². The summed E-state index contributed by atoms with van der Waals surface area (Å²) in [6, 6.07) is 10.2. The van der Waals surface area contributed by atoms with Crippen LogP contribution in [0.3, 0.4) is 0 Å². The van der Waals surface area contributed by atoms with Gasteiger partial charge in [-0.15, -0.1) is 11.3 Å². The number of esters is 2. The number of piperidine rings is 1. The van der Waals surface area contributed by atoms with E-state index in [9.17, 15) is 9.59 Å². The number of carbonyl (C=O) groups is 2. The number of ether oxygens (including phenoxy) is 3. The number of hydrogen-bond donors (Lipinski definition) is 0. The SMILES string of the molecule is COc1cccc(C2CCN(CCC3CCCc4sccc43)C3(C2)OC(=O)C(=O)O3)c1. The average Bonchev–Trinajstić information content (AvgIpc) is 3.37. The van der Waals surface area contributed by atoms with Crippen molar-refractivity contribution >= 4 is 23.3 Å². The molecule has 6 nitrogen and oxygen atoms in total. The van der Waals surface area contributed by atoms with Gasteiger partial charge in [0.05, 0.1) is 7.11 Å². The zero-order chi connectivity index (χ0) is 21.4. The quantitative estimate of drug-likeness (QED) is 0.512. The molecule has 1 spiro atoms. The number of thiophene rings is 1. The van der Waals surface area contributed by atoms with Gasteiger partial charge in [0.25, 0.3) is 0 Å². The fourth-order valence-corrected chi connectivity index (χ4v) is 6.30. The van der Waals surface area contributed by atoms with Crippen LogP contribution in [0, 0.1) is 0 Å². The van der Waals surface area contributed by atoms with E-state index in [2.05, 4.69) is 22.4 Å². The lowest BCUT2D eigenvalue weighted by Crippen LogP contribution is -2.55. The fraction of sp³-hybridized carbons (Fsp3) is 0.500. The highest BCUT2D eigenvalue weighted by atomic mass is 32.1. The Morgan fingerprint density at radius 3 is 2.84 bits per heavy atom. The third-order valence-corrected chi connectivity index (χ3v) is 7.89. The zero-order valence-electron chi connectivity index (χ0n) is 17.7. The number of rotatable bonds is 5. The maximum Gasteiger partial charge on any atom is 0.421 e. The Hall–Kier alpha value is -2.38. The molecule has 164 valence electrons. The van der Waals surface area contributed by atoms with Crippen LogP contribution in [0.5, 0.6) is 5.75 Å². The Balaban J connectivity index is 1.34. The fourth-order valence-electron chi connectivity index (χ4n) is 5.29. The normalized spacial score (nSPS) is 25.2. The van der Waals surface area contributed by atoms with Crippen LogP contribution in [0.1, 0.15) is 59.9 Å². The smallest absolute Gasteiger partial charge is 0.421 e. The maximum absolute atomic E-state index is 12.0. The summed E-state index contributed by atoms with van der Waals surface area (Å²) >= 11 is 1.85. The summed E-state index contributed by atoms with van der Waals surface area (Å²) in [5.74, 6) is -1.67. The number of methoxy groups -OCH3 is 1. The molecule has 2 atom stereocenters. The topological polar surface area (TPSA) is 65.1 Å². The van der Waals surface area contributed by atoms with E-state index in [0.717, 1.165) is 30.7 Å². The van der Waals surface area contributed by atoms with Gasteiger partial charge in [-0.2, -0.15) is 0 Å². The van der Waals surface area contributed by atoms with Crippen LogP contribution in [0.4, 0.5) is 0 Å². The van der Waals surface area contributed by atoms with Gasteiger partial charge in [0, 0.05) is 24.4 Å². The minimum absolute atomic E-state index is 0.114. The largest absolute Gasteiger partial charge is 0.497 e. The van der Waals surface area contributed by atoms with Gasteiger partial charge >= 0.3 is 17.8 Å². The van der Waals surface area contributed by atoms with Gasteiger partial charge in [-0.25, -0.2) is 14.5 Å². The minimum atomic E-state index is -1.30. The van der Waals surface area contributed by atoms with Crippen LogP contribution in [-0.4, -0.2) is 42.9 Å². The molecule has 2 unspecified atom stereocenters. The predicted molar refractivity (Wildman–Crippen MR) is 116 cm³/mol. The average molecular weight is 442 g/mol. The number of hydrogen-bond acceptors (Lipinski definition) is 7. The van der Waals surface area contributed by atoms with Crippen molar-refractivity contribution in [3.63, 3.8) is 0 Å². The van der Waals surface area contributed by atoms with Crippen LogP contribution >= 0.6 is 11.3 Å². The molecular weight excluding hydrogens is 414 g/mol. The molecule has 3 aliphatic rings. The Morgan fingerprint density at radius 2 is 2.03 bits per heavy atom. The first-order valence-corrected chi connectivity index (χ1v) is 11.9. The number of fused-ring (bicyclic) bond motifs is 1. The molecule has 7 heteroatoms. The summed E-state index contributed by atoms with van der Waals surface area (Å²) in [6.45, 7) is 1.43. The number of aryl methyl sites for hydroxylation is 1. The van der Waals surface area contributed by atoms with E-state index < -0.39 is 17.8 Å². The Bertz CT molecular complexity index is 970. The van der Waals surface area contributed by atoms with Gasteiger partial charge < -0.3 is 14.2 Å². The Kier molecular flexibility index (Phi) is 5.48. The van der Waals surface area contributed by atoms with Crippen molar-refractivity contribution in [3.05, 3.63) is 51.7 Å². The molecule has 2 saturated heterocycles. The number of benzene rings is 1. The van der Waals surface area contributed by atoms with Crippen molar-refractivity contribution < 1.29 is 23.8 Å². The highest BCUT2D eigenvalue weighted by Crippen LogP contribution is 2.44. The molecule has 3 heterocycles. The molecule has 2 aromatic rings. The summed E-state index contributed by atoms with van der Waals surface area (Å²) in [7, 11) is 1.65. The number of carbonyl (C=O) groups excluding carboxylic acids is 2. The monoisotopic (exact) mass is 441 g/mol. The molecule has 0 radical (unpaired) electrons. The van der Waals surface area contributed by atoms with E-state index in [-0.39, 0.29) is 5.92 Å². The van der Waals surface area contributed by atoms with Gasteiger partial charge in [0.2, 0.25) is 0 Å². The van der Waals surface area contributed by atoms with Crippen molar-refractivity contribution in [2.45, 2.75) is 56.3 Å². The van der Waals surface area contributed by atoms with Gasteiger partial charge in [0.15, 0.2) is 0 Å². The molecule has 2 fully saturated rings. The molecule has 0 saturated carbocycles. The summed E-state index contributed by atoms with van der Waals surface area (Å²) in [6.07, 6.45) is 5.87. The van der Waals surface area contributed by atoms with E-state index in [1.807, 2.05) is 29.5 Å². The molecule has 1 aromatic carbocycles. The summed E-state index contributed by atoms with van der Waals surface area (Å²) in [4.78, 5) is 27.6. The first kappa shape index (κ1) is 20.5. The summed E-state index contributed by atoms with van der Waals surface area (Å²) in [5.41, 5.74) is 2.57. The maximum atomic E-state index is 12.0. The number of nitrogens with zero attached hydrogens (tertiary/aromatic N) is 1. The lowest BCUT2D eigenvalue weighted by Gasteiger charge is -2.44. The molecule has 2 aliphatic heterocycles. The molecule has 1 aromatic heterocycles. The van der Waals surface area contributed by atoms with Crippen LogP contribution in [0.25, 0.3) is 0 Å². The molecule has 0 bridgehead atoms. The van der Waals surface area contributed by atoms with Crippen LogP contribution in [0.15, 0.2) is 35.7 Å². The van der Waals surface area contributed by atoms with E-state index in [4.69, 9.17) is 14.2 Å². The molecular formula is C24H27NO5S. The molecule has 1 aliphatic carbocycles. The highest BCUT2D eigenvalue weighted by molar-refractivity contribution is 7.10. The molecule has 5 rings (SSSR count).